The minimum absolute atomic E-state index is 0.341. The first-order valence-corrected chi connectivity index (χ1v) is 9.86. The summed E-state index contributed by atoms with van der Waals surface area (Å²) in [6.07, 6.45) is 10.7. The van der Waals surface area contributed by atoms with Gasteiger partial charge in [-0.2, -0.15) is 0 Å². The molecule has 25 heavy (non-hydrogen) atoms. The second-order valence-corrected chi connectivity index (χ2v) is 7.56. The Morgan fingerprint density at radius 1 is 1.12 bits per heavy atom. The molecule has 2 aromatic rings. The Hall–Kier alpha value is -1.51. The predicted octanol–water partition coefficient (Wildman–Crippen LogP) is 4.08. The van der Waals surface area contributed by atoms with E-state index in [0.717, 1.165) is 12.8 Å². The summed E-state index contributed by atoms with van der Waals surface area (Å²) < 4.78 is 0. The number of nitrogens with one attached hydrogen (secondary N) is 2. The molecule has 9 heteroatoms. The van der Waals surface area contributed by atoms with E-state index in [1.54, 1.807) is 24.5 Å². The van der Waals surface area contributed by atoms with Crippen molar-refractivity contribution in [3.63, 3.8) is 0 Å². The van der Waals surface area contributed by atoms with Crippen LogP contribution in [0, 0.1) is 0 Å². The fourth-order valence-corrected chi connectivity index (χ4v) is 3.91. The molecule has 0 radical (unpaired) electrons. The van der Waals surface area contributed by atoms with E-state index in [1.807, 2.05) is 0 Å². The van der Waals surface area contributed by atoms with Crippen molar-refractivity contribution in [1.82, 2.24) is 25.3 Å². The minimum Gasteiger partial charge on any atom is -0.360 e. The third-order valence-electron chi connectivity index (χ3n) is 3.83. The summed E-state index contributed by atoms with van der Waals surface area (Å²) >= 11 is 12.8. The summed E-state index contributed by atoms with van der Waals surface area (Å²) in [6.45, 7) is 0. The van der Waals surface area contributed by atoms with Crippen molar-refractivity contribution in [2.24, 2.45) is 0 Å². The monoisotopic (exact) mass is 394 g/mol. The van der Waals surface area contributed by atoms with E-state index < -0.39 is 0 Å². The minimum atomic E-state index is 0.341. The normalized spacial score (nSPS) is 15.4. The zero-order valence-electron chi connectivity index (χ0n) is 13.6. The molecule has 2 N–H and O–H groups in total. The van der Waals surface area contributed by atoms with E-state index in [-0.39, 0.29) is 0 Å². The van der Waals surface area contributed by atoms with Crippen LogP contribution >= 0.6 is 35.6 Å². The average molecular weight is 395 g/mol. The molecule has 1 aliphatic rings. The second-order valence-electron chi connectivity index (χ2n) is 5.77. The third kappa shape index (κ3) is 6.05. The molecule has 2 aromatic heterocycles. The van der Waals surface area contributed by atoms with Crippen LogP contribution in [0.25, 0.3) is 0 Å². The zero-order chi connectivity index (χ0) is 17.5. The number of hydrogen-bond acceptors (Lipinski definition) is 6. The van der Waals surface area contributed by atoms with Crippen molar-refractivity contribution in [2.45, 2.75) is 54.7 Å². The Kier molecular flexibility index (Phi) is 6.77. The Labute approximate surface area is 161 Å². The number of rotatable bonds is 4. The number of thiocarbonyl (C=S) groups is 1. The van der Waals surface area contributed by atoms with Crippen LogP contribution in [-0.4, -0.2) is 31.1 Å². The van der Waals surface area contributed by atoms with Gasteiger partial charge in [0.1, 0.15) is 10.2 Å². The lowest BCUT2D eigenvalue weighted by molar-refractivity contribution is 0.535. The summed E-state index contributed by atoms with van der Waals surface area (Å²) in [5, 5.41) is 8.53. The lowest BCUT2D eigenvalue weighted by atomic mass is 10.1. The predicted molar refractivity (Wildman–Crippen MR) is 104 cm³/mol. The van der Waals surface area contributed by atoms with E-state index in [9.17, 15) is 0 Å². The van der Waals surface area contributed by atoms with Gasteiger partial charge in [-0.25, -0.2) is 19.9 Å². The molecule has 0 aliphatic heterocycles. The standard InChI is InChI=1S/C16H19ClN6S2/c17-12-10-13(25-16-18-8-5-9-19-16)22-14(21-12)23-15(24)20-11-6-3-1-2-4-7-11/h5,8-11H,1-4,6-7H2,(H2,20,21,22,23,24). The first-order chi connectivity index (χ1) is 12.2. The van der Waals surface area contributed by atoms with Crippen molar-refractivity contribution in [1.29, 1.82) is 0 Å². The molecule has 1 aliphatic carbocycles. The molecule has 2 heterocycles. The van der Waals surface area contributed by atoms with Gasteiger partial charge in [-0.3, -0.25) is 0 Å². The second kappa shape index (κ2) is 9.26. The highest BCUT2D eigenvalue weighted by Gasteiger charge is 2.14. The van der Waals surface area contributed by atoms with Gasteiger partial charge in [-0.15, -0.1) is 0 Å². The van der Waals surface area contributed by atoms with Gasteiger partial charge in [0.25, 0.3) is 0 Å². The topological polar surface area (TPSA) is 75.6 Å². The molecular formula is C16H19ClN6S2. The highest BCUT2D eigenvalue weighted by Crippen LogP contribution is 2.25. The maximum Gasteiger partial charge on any atom is 0.231 e. The van der Waals surface area contributed by atoms with E-state index in [1.165, 1.54) is 37.4 Å². The molecule has 3 rings (SSSR count). The van der Waals surface area contributed by atoms with Crippen molar-refractivity contribution >= 4 is 46.6 Å². The molecule has 0 spiro atoms. The first kappa shape index (κ1) is 18.3. The number of anilines is 1. The average Bonchev–Trinajstić information content (AvgIpc) is 2.83. The molecule has 6 nitrogen and oxygen atoms in total. The molecule has 132 valence electrons. The number of halogens is 1. The van der Waals surface area contributed by atoms with Gasteiger partial charge in [-0.1, -0.05) is 37.3 Å². The van der Waals surface area contributed by atoms with Crippen molar-refractivity contribution < 1.29 is 0 Å². The number of aromatic nitrogens is 4. The summed E-state index contributed by atoms with van der Waals surface area (Å²) in [4.78, 5) is 17.0. The maximum absolute atomic E-state index is 6.10. The quantitative estimate of drug-likeness (QED) is 0.347. The van der Waals surface area contributed by atoms with Gasteiger partial charge in [0, 0.05) is 24.5 Å². The van der Waals surface area contributed by atoms with E-state index in [4.69, 9.17) is 23.8 Å². The molecule has 1 saturated carbocycles. The Morgan fingerprint density at radius 2 is 1.84 bits per heavy atom. The van der Waals surface area contributed by atoms with Gasteiger partial charge in [0.15, 0.2) is 10.3 Å². The van der Waals surface area contributed by atoms with Gasteiger partial charge in [0.2, 0.25) is 5.95 Å². The third-order valence-corrected chi connectivity index (χ3v) is 5.05. The highest BCUT2D eigenvalue weighted by molar-refractivity contribution is 7.99. The van der Waals surface area contributed by atoms with Crippen LogP contribution in [0.5, 0.6) is 0 Å². The molecule has 0 atom stereocenters. The van der Waals surface area contributed by atoms with Crippen LogP contribution in [0.3, 0.4) is 0 Å². The molecule has 0 unspecified atom stereocenters. The Bertz CT molecular complexity index is 707. The fourth-order valence-electron chi connectivity index (χ4n) is 2.68. The number of nitrogens with zero attached hydrogens (tertiary/aromatic N) is 4. The van der Waals surface area contributed by atoms with Crippen LogP contribution in [0.1, 0.15) is 38.5 Å². The fraction of sp³-hybridized carbons (Fsp3) is 0.438. The van der Waals surface area contributed by atoms with Crippen LogP contribution in [0.15, 0.2) is 34.7 Å². The van der Waals surface area contributed by atoms with E-state index in [2.05, 4.69) is 30.6 Å². The Balaban J connectivity index is 1.62. The summed E-state index contributed by atoms with van der Waals surface area (Å²) in [7, 11) is 0. The smallest absolute Gasteiger partial charge is 0.231 e. The summed E-state index contributed by atoms with van der Waals surface area (Å²) in [5.74, 6) is 0.372. The molecule has 0 saturated heterocycles. The van der Waals surface area contributed by atoms with Gasteiger partial charge in [0.05, 0.1) is 0 Å². The van der Waals surface area contributed by atoms with Crippen molar-refractivity contribution in [2.75, 3.05) is 5.32 Å². The Morgan fingerprint density at radius 3 is 2.56 bits per heavy atom. The summed E-state index contributed by atoms with van der Waals surface area (Å²) in [6, 6.07) is 3.85. The SMILES string of the molecule is S=C(Nc1nc(Cl)cc(Sc2ncccn2)n1)NC1CCCCCC1. The van der Waals surface area contributed by atoms with Crippen LogP contribution < -0.4 is 10.6 Å². The van der Waals surface area contributed by atoms with Crippen molar-refractivity contribution in [3.05, 3.63) is 29.7 Å². The highest BCUT2D eigenvalue weighted by atomic mass is 35.5. The van der Waals surface area contributed by atoms with Gasteiger partial charge >= 0.3 is 0 Å². The van der Waals surface area contributed by atoms with Crippen LogP contribution in [-0.2, 0) is 0 Å². The van der Waals surface area contributed by atoms with Crippen LogP contribution in [0.2, 0.25) is 5.15 Å². The molecule has 1 fully saturated rings. The van der Waals surface area contributed by atoms with Crippen molar-refractivity contribution in [3.8, 4) is 0 Å². The largest absolute Gasteiger partial charge is 0.360 e. The van der Waals surface area contributed by atoms with Gasteiger partial charge in [-0.05, 0) is 42.9 Å². The number of hydrogen-bond donors (Lipinski definition) is 2. The molecule has 0 bridgehead atoms. The molecule has 0 amide bonds. The molecular weight excluding hydrogens is 376 g/mol. The lowest BCUT2D eigenvalue weighted by Gasteiger charge is -2.18. The maximum atomic E-state index is 6.10. The van der Waals surface area contributed by atoms with E-state index in [0.29, 0.717) is 32.4 Å². The first-order valence-electron chi connectivity index (χ1n) is 8.26. The lowest BCUT2D eigenvalue weighted by Crippen LogP contribution is -2.37. The van der Waals surface area contributed by atoms with Gasteiger partial charge < -0.3 is 10.6 Å². The van der Waals surface area contributed by atoms with Crippen LogP contribution in [0.4, 0.5) is 5.95 Å². The zero-order valence-corrected chi connectivity index (χ0v) is 16.0. The summed E-state index contributed by atoms with van der Waals surface area (Å²) in [5.41, 5.74) is 0. The molecule has 0 aromatic carbocycles. The van der Waals surface area contributed by atoms with E-state index >= 15 is 0 Å².